The highest BCUT2D eigenvalue weighted by Gasteiger charge is 2.27. The van der Waals surface area contributed by atoms with Gasteiger partial charge in [-0.3, -0.25) is 0 Å². The first-order chi connectivity index (χ1) is 9.56. The molecule has 2 heterocycles. The molecule has 1 fully saturated rings. The largest absolute Gasteiger partial charge is 0.344 e. The summed E-state index contributed by atoms with van der Waals surface area (Å²) < 4.78 is 0. The first kappa shape index (κ1) is 15.7. The fraction of sp³-hybridized carbons (Fsp3) is 0.800. The van der Waals surface area contributed by atoms with Crippen LogP contribution in [0.4, 0.5) is 5.13 Å². The zero-order valence-electron chi connectivity index (χ0n) is 13.2. The highest BCUT2D eigenvalue weighted by atomic mass is 32.1. The zero-order valence-corrected chi connectivity index (χ0v) is 14.0. The normalized spacial score (nSPS) is 19.5. The number of nitrogens with one attached hydrogen (secondary N) is 1. The summed E-state index contributed by atoms with van der Waals surface area (Å²) in [7, 11) is 4.30. The Bertz CT molecular complexity index is 402. The molecule has 1 aliphatic heterocycles. The minimum absolute atomic E-state index is 0.632. The van der Waals surface area contributed by atoms with Crippen molar-refractivity contribution in [1.82, 2.24) is 15.2 Å². The third-order valence-electron chi connectivity index (χ3n) is 3.60. The molecule has 1 saturated heterocycles. The van der Waals surface area contributed by atoms with Crippen LogP contribution in [-0.4, -0.2) is 49.7 Å². The predicted molar refractivity (Wildman–Crippen MR) is 87.6 cm³/mol. The summed E-state index contributed by atoms with van der Waals surface area (Å²) in [5.74, 6) is 0.691. The van der Waals surface area contributed by atoms with Crippen LogP contribution in [0.1, 0.15) is 32.4 Å². The SMILES string of the molecule is CC(C)CNCc1csc(N2CCCC2CN(C)C)n1. The Balaban J connectivity index is 1.90. The van der Waals surface area contributed by atoms with Gasteiger partial charge in [-0.15, -0.1) is 11.3 Å². The number of hydrogen-bond donors (Lipinski definition) is 1. The van der Waals surface area contributed by atoms with Crippen molar-refractivity contribution in [3.05, 3.63) is 11.1 Å². The van der Waals surface area contributed by atoms with Gasteiger partial charge >= 0.3 is 0 Å². The fourth-order valence-electron chi connectivity index (χ4n) is 2.70. The van der Waals surface area contributed by atoms with Crippen LogP contribution in [0.2, 0.25) is 0 Å². The Kier molecular flexibility index (Phi) is 5.81. The van der Waals surface area contributed by atoms with E-state index in [0.717, 1.165) is 26.2 Å². The maximum Gasteiger partial charge on any atom is 0.185 e. The number of likely N-dealkylation sites (N-methyl/N-ethyl adjacent to an activating group) is 1. The Hall–Kier alpha value is -0.650. The van der Waals surface area contributed by atoms with Crippen LogP contribution in [0.25, 0.3) is 0 Å². The number of thiazole rings is 1. The second kappa shape index (κ2) is 7.38. The second-order valence-corrected chi connectivity index (χ2v) is 7.23. The van der Waals surface area contributed by atoms with Gasteiger partial charge in [0.15, 0.2) is 5.13 Å². The zero-order chi connectivity index (χ0) is 14.5. The third kappa shape index (κ3) is 4.43. The van der Waals surface area contributed by atoms with Crippen LogP contribution in [0.15, 0.2) is 5.38 Å². The number of nitrogens with zero attached hydrogens (tertiary/aromatic N) is 3. The molecule has 5 heteroatoms. The lowest BCUT2D eigenvalue weighted by Crippen LogP contribution is -2.37. The van der Waals surface area contributed by atoms with Crippen molar-refractivity contribution in [2.24, 2.45) is 5.92 Å². The smallest absolute Gasteiger partial charge is 0.185 e. The van der Waals surface area contributed by atoms with Crippen LogP contribution >= 0.6 is 11.3 Å². The van der Waals surface area contributed by atoms with Crippen molar-refractivity contribution in [3.63, 3.8) is 0 Å². The van der Waals surface area contributed by atoms with Gasteiger partial charge in [0.1, 0.15) is 0 Å². The number of anilines is 1. The average molecular weight is 296 g/mol. The Morgan fingerprint density at radius 1 is 1.50 bits per heavy atom. The van der Waals surface area contributed by atoms with Gasteiger partial charge in [0, 0.05) is 31.1 Å². The van der Waals surface area contributed by atoms with E-state index in [2.05, 4.69) is 48.4 Å². The summed E-state index contributed by atoms with van der Waals surface area (Å²) in [6.45, 7) is 8.69. The Morgan fingerprint density at radius 2 is 2.30 bits per heavy atom. The topological polar surface area (TPSA) is 31.4 Å². The van der Waals surface area contributed by atoms with Crippen molar-refractivity contribution < 1.29 is 0 Å². The van der Waals surface area contributed by atoms with E-state index in [1.54, 1.807) is 11.3 Å². The standard InChI is InChI=1S/C15H28N4S/c1-12(2)8-16-9-13-11-20-15(17-13)19-7-5-6-14(19)10-18(3)4/h11-12,14,16H,5-10H2,1-4H3. The molecule has 1 aromatic rings. The van der Waals surface area contributed by atoms with Gasteiger partial charge < -0.3 is 15.1 Å². The Morgan fingerprint density at radius 3 is 3.00 bits per heavy atom. The maximum atomic E-state index is 4.81. The molecule has 1 aromatic heterocycles. The summed E-state index contributed by atoms with van der Waals surface area (Å²) in [6, 6.07) is 0.632. The summed E-state index contributed by atoms with van der Waals surface area (Å²) in [4.78, 5) is 9.59. The predicted octanol–water partition coefficient (Wildman–Crippen LogP) is 2.42. The summed E-state index contributed by atoms with van der Waals surface area (Å²) in [5, 5.41) is 6.87. The van der Waals surface area contributed by atoms with Crippen molar-refractivity contribution in [1.29, 1.82) is 0 Å². The van der Waals surface area contributed by atoms with Crippen molar-refractivity contribution in [3.8, 4) is 0 Å². The van der Waals surface area contributed by atoms with E-state index in [0.29, 0.717) is 12.0 Å². The molecule has 1 atom stereocenters. The average Bonchev–Trinajstić information content (AvgIpc) is 2.96. The van der Waals surface area contributed by atoms with Gasteiger partial charge in [-0.1, -0.05) is 13.8 Å². The van der Waals surface area contributed by atoms with Gasteiger partial charge in [0.25, 0.3) is 0 Å². The highest BCUT2D eigenvalue weighted by Crippen LogP contribution is 2.28. The maximum absolute atomic E-state index is 4.81. The minimum Gasteiger partial charge on any atom is -0.344 e. The molecule has 4 nitrogen and oxygen atoms in total. The quantitative estimate of drug-likeness (QED) is 0.837. The molecule has 0 amide bonds. The first-order valence-corrected chi connectivity index (χ1v) is 8.50. The molecule has 1 N–H and O–H groups in total. The van der Waals surface area contributed by atoms with Gasteiger partial charge in [-0.2, -0.15) is 0 Å². The third-order valence-corrected chi connectivity index (χ3v) is 4.52. The lowest BCUT2D eigenvalue weighted by Gasteiger charge is -2.26. The fourth-order valence-corrected chi connectivity index (χ4v) is 3.62. The molecule has 1 aliphatic rings. The molecule has 0 aromatic carbocycles. The van der Waals surface area contributed by atoms with Crippen molar-refractivity contribution in [2.45, 2.75) is 39.3 Å². The van der Waals surface area contributed by atoms with E-state index in [4.69, 9.17) is 4.98 Å². The van der Waals surface area contributed by atoms with Crippen LogP contribution in [0.5, 0.6) is 0 Å². The second-order valence-electron chi connectivity index (χ2n) is 6.40. The highest BCUT2D eigenvalue weighted by molar-refractivity contribution is 7.13. The Labute approximate surface area is 127 Å². The molecule has 0 saturated carbocycles. The molecule has 20 heavy (non-hydrogen) atoms. The molecule has 114 valence electrons. The molecule has 0 aliphatic carbocycles. The van der Waals surface area contributed by atoms with Crippen LogP contribution in [0.3, 0.4) is 0 Å². The van der Waals surface area contributed by atoms with Crippen LogP contribution < -0.4 is 10.2 Å². The summed E-state index contributed by atoms with van der Waals surface area (Å²) in [6.07, 6.45) is 2.58. The molecular weight excluding hydrogens is 268 g/mol. The lowest BCUT2D eigenvalue weighted by molar-refractivity contribution is 0.372. The lowest BCUT2D eigenvalue weighted by atomic mass is 10.2. The molecule has 0 radical (unpaired) electrons. The van der Waals surface area contributed by atoms with Gasteiger partial charge in [0.2, 0.25) is 0 Å². The summed E-state index contributed by atoms with van der Waals surface area (Å²) >= 11 is 1.79. The molecular formula is C15H28N4S. The van der Waals surface area contributed by atoms with E-state index in [1.807, 2.05) is 0 Å². The molecule has 0 bridgehead atoms. The molecule has 0 spiro atoms. The monoisotopic (exact) mass is 296 g/mol. The first-order valence-electron chi connectivity index (χ1n) is 7.62. The number of hydrogen-bond acceptors (Lipinski definition) is 5. The van der Waals surface area contributed by atoms with E-state index < -0.39 is 0 Å². The van der Waals surface area contributed by atoms with Crippen molar-refractivity contribution >= 4 is 16.5 Å². The van der Waals surface area contributed by atoms with E-state index in [1.165, 1.54) is 23.7 Å². The van der Waals surface area contributed by atoms with Gasteiger partial charge in [-0.25, -0.2) is 4.98 Å². The van der Waals surface area contributed by atoms with Crippen molar-refractivity contribution in [2.75, 3.05) is 38.6 Å². The van der Waals surface area contributed by atoms with Crippen LogP contribution in [0, 0.1) is 5.92 Å². The minimum atomic E-state index is 0.632. The number of aromatic nitrogens is 1. The number of rotatable bonds is 7. The van der Waals surface area contributed by atoms with E-state index in [9.17, 15) is 0 Å². The van der Waals surface area contributed by atoms with Gasteiger partial charge in [-0.05, 0) is 39.4 Å². The van der Waals surface area contributed by atoms with Crippen LogP contribution in [-0.2, 0) is 6.54 Å². The van der Waals surface area contributed by atoms with E-state index in [-0.39, 0.29) is 0 Å². The molecule has 2 rings (SSSR count). The summed E-state index contributed by atoms with van der Waals surface area (Å²) in [5.41, 5.74) is 1.18. The van der Waals surface area contributed by atoms with E-state index >= 15 is 0 Å². The van der Waals surface area contributed by atoms with Gasteiger partial charge in [0.05, 0.1) is 5.69 Å². The molecule has 1 unspecified atom stereocenters.